The maximum atomic E-state index is 11.7. The fourth-order valence-electron chi connectivity index (χ4n) is 2.07. The maximum absolute atomic E-state index is 11.7. The van der Waals surface area contributed by atoms with Crippen molar-refractivity contribution in [1.82, 2.24) is 10.3 Å². The number of nitrogens with zero attached hydrogens (tertiary/aromatic N) is 1. The molecule has 0 aliphatic carbocycles. The third-order valence-corrected chi connectivity index (χ3v) is 4.12. The van der Waals surface area contributed by atoms with E-state index in [9.17, 15) is 4.79 Å². The Morgan fingerprint density at radius 3 is 3.11 bits per heavy atom. The predicted octanol–water partition coefficient (Wildman–Crippen LogP) is 2.70. The molecule has 2 N–H and O–H groups in total. The molecular formula is C13H21N3OS. The van der Waals surface area contributed by atoms with Crippen molar-refractivity contribution >= 4 is 22.4 Å². The monoisotopic (exact) mass is 267 g/mol. The molecule has 0 saturated heterocycles. The molecule has 4 nitrogen and oxygen atoms in total. The van der Waals surface area contributed by atoms with E-state index in [1.165, 1.54) is 17.7 Å². The van der Waals surface area contributed by atoms with Crippen molar-refractivity contribution in [1.29, 1.82) is 0 Å². The summed E-state index contributed by atoms with van der Waals surface area (Å²) < 4.78 is 0. The zero-order chi connectivity index (χ0) is 12.8. The summed E-state index contributed by atoms with van der Waals surface area (Å²) in [6, 6.07) is 0. The summed E-state index contributed by atoms with van der Waals surface area (Å²) >= 11 is 1.60. The van der Waals surface area contributed by atoms with Crippen molar-refractivity contribution in [3.05, 3.63) is 10.6 Å². The molecule has 18 heavy (non-hydrogen) atoms. The molecule has 5 heteroatoms. The average Bonchev–Trinajstić information content (AvgIpc) is 2.76. The molecule has 0 atom stereocenters. The molecule has 1 aliphatic rings. The minimum atomic E-state index is 0.102. The minimum absolute atomic E-state index is 0.102. The third kappa shape index (κ3) is 3.78. The topological polar surface area (TPSA) is 54.0 Å². The van der Waals surface area contributed by atoms with Crippen LogP contribution in [0.1, 0.15) is 49.6 Å². The molecule has 0 fully saturated rings. The second-order valence-electron chi connectivity index (χ2n) is 4.67. The number of anilines is 1. The van der Waals surface area contributed by atoms with Crippen molar-refractivity contribution in [3.8, 4) is 0 Å². The van der Waals surface area contributed by atoms with Gasteiger partial charge in [0.1, 0.15) is 0 Å². The van der Waals surface area contributed by atoms with Crippen LogP contribution in [-0.2, 0) is 17.8 Å². The van der Waals surface area contributed by atoms with E-state index in [-0.39, 0.29) is 5.91 Å². The van der Waals surface area contributed by atoms with Gasteiger partial charge >= 0.3 is 0 Å². The lowest BCUT2D eigenvalue weighted by Gasteiger charge is -2.09. The first-order chi connectivity index (χ1) is 8.79. The van der Waals surface area contributed by atoms with Gasteiger partial charge in [0.25, 0.3) is 0 Å². The Labute approximate surface area is 112 Å². The summed E-state index contributed by atoms with van der Waals surface area (Å²) in [6.45, 7) is 4.05. The average molecular weight is 267 g/mol. The van der Waals surface area contributed by atoms with Gasteiger partial charge in [-0.2, -0.15) is 0 Å². The first kappa shape index (κ1) is 13.5. The number of hydrogen-bond donors (Lipinski definition) is 2. The van der Waals surface area contributed by atoms with Gasteiger partial charge in [-0.15, -0.1) is 11.3 Å². The Bertz CT molecular complexity index is 379. The first-order valence-electron chi connectivity index (χ1n) is 6.78. The number of nitrogens with one attached hydrogen (secondary N) is 2. The van der Waals surface area contributed by atoms with E-state index in [1.54, 1.807) is 11.3 Å². The van der Waals surface area contributed by atoms with Crippen LogP contribution < -0.4 is 10.6 Å². The molecule has 1 aliphatic heterocycles. The zero-order valence-corrected chi connectivity index (χ0v) is 11.7. The number of thiazole rings is 1. The Morgan fingerprint density at radius 2 is 2.33 bits per heavy atom. The van der Waals surface area contributed by atoms with E-state index in [2.05, 4.69) is 22.5 Å². The van der Waals surface area contributed by atoms with Crippen molar-refractivity contribution < 1.29 is 4.79 Å². The van der Waals surface area contributed by atoms with Gasteiger partial charge in [-0.05, 0) is 6.42 Å². The van der Waals surface area contributed by atoms with Gasteiger partial charge in [0, 0.05) is 30.8 Å². The second-order valence-corrected chi connectivity index (χ2v) is 5.76. The Hall–Kier alpha value is -0.940. The van der Waals surface area contributed by atoms with Crippen LogP contribution >= 0.6 is 11.3 Å². The van der Waals surface area contributed by atoms with Gasteiger partial charge in [0.15, 0.2) is 5.13 Å². The molecule has 2 heterocycles. The summed E-state index contributed by atoms with van der Waals surface area (Å²) in [5, 5.41) is 7.00. The lowest BCUT2D eigenvalue weighted by molar-refractivity contribution is -0.116. The molecule has 100 valence electrons. The maximum Gasteiger partial charge on any atom is 0.226 e. The molecule has 0 unspecified atom stereocenters. The van der Waals surface area contributed by atoms with Crippen molar-refractivity contribution in [2.24, 2.45) is 0 Å². The highest BCUT2D eigenvalue weighted by Crippen LogP contribution is 2.25. The highest BCUT2D eigenvalue weighted by molar-refractivity contribution is 7.15. The summed E-state index contributed by atoms with van der Waals surface area (Å²) in [5.74, 6) is 0.102. The molecular weight excluding hydrogens is 246 g/mol. The smallest absolute Gasteiger partial charge is 0.226 e. The number of fused-ring (bicyclic) bond motifs is 1. The Balaban J connectivity index is 1.78. The normalized spacial score (nSPS) is 14.3. The summed E-state index contributed by atoms with van der Waals surface area (Å²) in [7, 11) is 0. The molecule has 1 amide bonds. The van der Waals surface area contributed by atoms with Gasteiger partial charge in [0.05, 0.1) is 5.69 Å². The second kappa shape index (κ2) is 6.85. The number of hydrogen-bond acceptors (Lipinski definition) is 4. The number of unbranched alkanes of at least 4 members (excludes halogenated alkanes) is 3. The Morgan fingerprint density at radius 1 is 1.44 bits per heavy atom. The van der Waals surface area contributed by atoms with E-state index in [0.717, 1.165) is 43.2 Å². The first-order valence-corrected chi connectivity index (χ1v) is 7.60. The molecule has 0 spiro atoms. The SMILES string of the molecule is CCCCCCC(=O)Nc1nc2c(s1)CNCC2. The highest BCUT2D eigenvalue weighted by Gasteiger charge is 2.15. The van der Waals surface area contributed by atoms with Crippen LogP contribution in [0.3, 0.4) is 0 Å². The van der Waals surface area contributed by atoms with Crippen LogP contribution in [0, 0.1) is 0 Å². The molecule has 0 radical (unpaired) electrons. The minimum Gasteiger partial charge on any atom is -0.311 e. The fraction of sp³-hybridized carbons (Fsp3) is 0.692. The molecule has 0 bridgehead atoms. The number of aromatic nitrogens is 1. The molecule has 0 saturated carbocycles. The van der Waals surface area contributed by atoms with E-state index >= 15 is 0 Å². The third-order valence-electron chi connectivity index (χ3n) is 3.11. The molecule has 0 aromatic carbocycles. The van der Waals surface area contributed by atoms with Crippen LogP contribution in [0.5, 0.6) is 0 Å². The van der Waals surface area contributed by atoms with Gasteiger partial charge in [0.2, 0.25) is 5.91 Å². The highest BCUT2D eigenvalue weighted by atomic mass is 32.1. The van der Waals surface area contributed by atoms with Crippen LogP contribution in [0.2, 0.25) is 0 Å². The van der Waals surface area contributed by atoms with Crippen LogP contribution in [0.25, 0.3) is 0 Å². The number of amides is 1. The summed E-state index contributed by atoms with van der Waals surface area (Å²) in [4.78, 5) is 17.5. The van der Waals surface area contributed by atoms with Crippen LogP contribution in [-0.4, -0.2) is 17.4 Å². The number of carbonyl (C=O) groups is 1. The quantitative estimate of drug-likeness (QED) is 0.779. The van der Waals surface area contributed by atoms with Crippen LogP contribution in [0.4, 0.5) is 5.13 Å². The summed E-state index contributed by atoms with van der Waals surface area (Å²) in [6.07, 6.45) is 6.12. The van der Waals surface area contributed by atoms with Gasteiger partial charge in [-0.25, -0.2) is 4.98 Å². The van der Waals surface area contributed by atoms with E-state index in [4.69, 9.17) is 0 Å². The summed E-state index contributed by atoms with van der Waals surface area (Å²) in [5.41, 5.74) is 1.15. The number of carbonyl (C=O) groups excluding carboxylic acids is 1. The largest absolute Gasteiger partial charge is 0.311 e. The van der Waals surface area contributed by atoms with E-state index in [0.29, 0.717) is 6.42 Å². The lowest BCUT2D eigenvalue weighted by Crippen LogP contribution is -2.22. The van der Waals surface area contributed by atoms with Gasteiger partial charge < -0.3 is 10.6 Å². The zero-order valence-electron chi connectivity index (χ0n) is 10.9. The lowest BCUT2D eigenvalue weighted by atomic mass is 10.1. The van der Waals surface area contributed by atoms with Crippen molar-refractivity contribution in [3.63, 3.8) is 0 Å². The van der Waals surface area contributed by atoms with Crippen molar-refractivity contribution in [2.45, 2.75) is 52.0 Å². The van der Waals surface area contributed by atoms with Crippen LogP contribution in [0.15, 0.2) is 0 Å². The number of rotatable bonds is 6. The van der Waals surface area contributed by atoms with E-state index in [1.807, 2.05) is 0 Å². The van der Waals surface area contributed by atoms with Crippen molar-refractivity contribution in [2.75, 3.05) is 11.9 Å². The molecule has 1 aromatic heterocycles. The van der Waals surface area contributed by atoms with Gasteiger partial charge in [-0.3, -0.25) is 4.79 Å². The fourth-order valence-corrected chi connectivity index (χ4v) is 3.07. The predicted molar refractivity (Wildman–Crippen MR) is 74.9 cm³/mol. The van der Waals surface area contributed by atoms with Gasteiger partial charge in [-0.1, -0.05) is 26.2 Å². The Kier molecular flexibility index (Phi) is 5.13. The molecule has 1 aromatic rings. The van der Waals surface area contributed by atoms with E-state index < -0.39 is 0 Å². The molecule has 2 rings (SSSR count). The standard InChI is InChI=1S/C13H21N3OS/c1-2-3-4-5-6-12(17)16-13-15-10-7-8-14-9-11(10)18-13/h14H,2-9H2,1H3,(H,15,16,17).